The van der Waals surface area contributed by atoms with Gasteiger partial charge in [-0.15, -0.1) is 17.0 Å². The third-order valence-electron chi connectivity index (χ3n) is 5.62. The summed E-state index contributed by atoms with van der Waals surface area (Å²) in [5.41, 5.74) is 3.96. The molecule has 2 heterocycles. The molecule has 1 aromatic carbocycles. The van der Waals surface area contributed by atoms with Crippen LogP contribution in [0.2, 0.25) is 0 Å². The minimum Gasteiger partial charge on any atom is -0.504 e. The molecule has 1 aliphatic heterocycles. The van der Waals surface area contributed by atoms with E-state index in [-0.39, 0.29) is 52.1 Å². The number of benzene rings is 1. The predicted molar refractivity (Wildman–Crippen MR) is 130 cm³/mol. The third kappa shape index (κ3) is 4.60. The molecule has 3 rings (SSSR count). The van der Waals surface area contributed by atoms with Crippen LogP contribution in [0.1, 0.15) is 66.1 Å². The normalized spacial score (nSPS) is 13.0. The molecule has 8 heteroatoms. The van der Waals surface area contributed by atoms with Gasteiger partial charge in [-0.05, 0) is 38.3 Å². The maximum absolute atomic E-state index is 13.2. The number of hydrogen-bond donors (Lipinski definition) is 2. The minimum atomic E-state index is -0.363. The first-order chi connectivity index (χ1) is 14.5. The van der Waals surface area contributed by atoms with Gasteiger partial charge in [-0.25, -0.2) is 4.98 Å². The standard InChI is InChI=1S/C24H31N3O4.BrH/c1-8-31-22-13(2)16-11-27(23(25)20(16)26-14(22)3)12-18(28)15-9-17(24(4,5)6)21(29)19(10-15)30-7;/h9-10,25,29H,8,11-12H2,1-7H3;1H. The summed E-state index contributed by atoms with van der Waals surface area (Å²) >= 11 is 0. The Bertz CT molecular complexity index is 1060. The second kappa shape index (κ2) is 9.48. The number of hydrogen-bond acceptors (Lipinski definition) is 6. The Labute approximate surface area is 200 Å². The molecule has 32 heavy (non-hydrogen) atoms. The molecule has 0 fully saturated rings. The first-order valence-electron chi connectivity index (χ1n) is 10.4. The van der Waals surface area contributed by atoms with Gasteiger partial charge < -0.3 is 19.5 Å². The largest absolute Gasteiger partial charge is 0.504 e. The van der Waals surface area contributed by atoms with Crippen LogP contribution in [0.3, 0.4) is 0 Å². The first kappa shape index (κ1) is 25.6. The van der Waals surface area contributed by atoms with Gasteiger partial charge >= 0.3 is 0 Å². The van der Waals surface area contributed by atoms with Gasteiger partial charge in [0.1, 0.15) is 17.3 Å². The number of aromatic hydroxyl groups is 1. The lowest BCUT2D eigenvalue weighted by molar-refractivity contribution is 0.0962. The quantitative estimate of drug-likeness (QED) is 0.551. The SMILES string of the molecule is Br.CCOc1c(C)nc2c(c1C)CN(CC(=O)c1cc(OC)c(O)c(C(C)(C)C)c1)C2=N. The molecular weight excluding hydrogens is 474 g/mol. The van der Waals surface area contributed by atoms with Crippen molar-refractivity contribution in [1.29, 1.82) is 5.41 Å². The highest BCUT2D eigenvalue weighted by Gasteiger charge is 2.32. The van der Waals surface area contributed by atoms with Crippen LogP contribution in [0.4, 0.5) is 0 Å². The second-order valence-electron chi connectivity index (χ2n) is 8.86. The maximum Gasteiger partial charge on any atom is 0.182 e. The predicted octanol–water partition coefficient (Wildman–Crippen LogP) is 4.71. The van der Waals surface area contributed by atoms with E-state index in [1.54, 1.807) is 17.0 Å². The Balaban J connectivity index is 0.00000363. The number of methoxy groups -OCH3 is 1. The van der Waals surface area contributed by atoms with Gasteiger partial charge in [-0.1, -0.05) is 20.8 Å². The van der Waals surface area contributed by atoms with Gasteiger partial charge in [0.15, 0.2) is 17.3 Å². The maximum atomic E-state index is 13.2. The average Bonchev–Trinajstić information content (AvgIpc) is 3.00. The van der Waals surface area contributed by atoms with Gasteiger partial charge in [0, 0.05) is 28.8 Å². The van der Waals surface area contributed by atoms with E-state index < -0.39 is 0 Å². The van der Waals surface area contributed by atoms with Crippen LogP contribution in [0.25, 0.3) is 0 Å². The van der Waals surface area contributed by atoms with Crippen molar-refractivity contribution in [3.8, 4) is 17.2 Å². The number of ether oxygens (including phenoxy) is 2. The van der Waals surface area contributed by atoms with Gasteiger partial charge in [-0.2, -0.15) is 0 Å². The van der Waals surface area contributed by atoms with Crippen LogP contribution in [-0.4, -0.2) is 46.9 Å². The fourth-order valence-electron chi connectivity index (χ4n) is 3.93. The number of nitrogens with one attached hydrogen (secondary N) is 1. The summed E-state index contributed by atoms with van der Waals surface area (Å²) in [4.78, 5) is 19.5. The van der Waals surface area contributed by atoms with E-state index in [0.717, 1.165) is 22.6 Å². The Hall–Kier alpha value is -2.61. The highest BCUT2D eigenvalue weighted by atomic mass is 79.9. The highest BCUT2D eigenvalue weighted by molar-refractivity contribution is 8.93. The molecule has 2 N–H and O–H groups in total. The molecule has 2 aromatic rings. The van der Waals surface area contributed by atoms with Crippen LogP contribution in [0.15, 0.2) is 12.1 Å². The number of nitrogens with zero attached hydrogens (tertiary/aromatic N) is 2. The summed E-state index contributed by atoms with van der Waals surface area (Å²) in [6.07, 6.45) is 0. The van der Waals surface area contributed by atoms with E-state index in [4.69, 9.17) is 14.9 Å². The van der Waals surface area contributed by atoms with Crippen LogP contribution in [0.5, 0.6) is 17.2 Å². The summed E-state index contributed by atoms with van der Waals surface area (Å²) in [6, 6.07) is 3.27. The van der Waals surface area contributed by atoms with Crippen molar-refractivity contribution in [1.82, 2.24) is 9.88 Å². The number of amidine groups is 1. The number of phenols is 1. The molecule has 1 aromatic heterocycles. The monoisotopic (exact) mass is 505 g/mol. The molecule has 0 spiro atoms. The van der Waals surface area contributed by atoms with Crippen molar-refractivity contribution in [2.24, 2.45) is 0 Å². The average molecular weight is 506 g/mol. The Kier molecular flexibility index (Phi) is 7.60. The molecule has 174 valence electrons. The molecule has 1 aliphatic rings. The highest BCUT2D eigenvalue weighted by Crippen LogP contribution is 2.39. The van der Waals surface area contributed by atoms with Gasteiger partial charge in [0.05, 0.1) is 26.0 Å². The molecule has 0 saturated heterocycles. The van der Waals surface area contributed by atoms with Crippen molar-refractivity contribution in [3.05, 3.63) is 45.8 Å². The van der Waals surface area contributed by atoms with E-state index >= 15 is 0 Å². The number of Topliss-reactive ketones (excluding diaryl/α,β-unsaturated/α-hetero) is 1. The van der Waals surface area contributed by atoms with Gasteiger partial charge in [0.25, 0.3) is 0 Å². The fraction of sp³-hybridized carbons (Fsp3) is 0.458. The Morgan fingerprint density at radius 2 is 1.94 bits per heavy atom. The molecule has 0 saturated carbocycles. The smallest absolute Gasteiger partial charge is 0.182 e. The molecule has 0 aliphatic carbocycles. The van der Waals surface area contributed by atoms with Crippen molar-refractivity contribution in [2.45, 2.75) is 53.5 Å². The van der Waals surface area contributed by atoms with Crippen LogP contribution < -0.4 is 9.47 Å². The number of aromatic nitrogens is 1. The van der Waals surface area contributed by atoms with Crippen LogP contribution in [-0.2, 0) is 12.0 Å². The van der Waals surface area contributed by atoms with Gasteiger partial charge in [0.2, 0.25) is 0 Å². The minimum absolute atomic E-state index is 0. The van der Waals surface area contributed by atoms with E-state index in [9.17, 15) is 9.90 Å². The lowest BCUT2D eigenvalue weighted by Crippen LogP contribution is -2.30. The Morgan fingerprint density at radius 1 is 1.28 bits per heavy atom. The van der Waals surface area contributed by atoms with Crippen molar-refractivity contribution in [3.63, 3.8) is 0 Å². The number of aryl methyl sites for hydroxylation is 1. The zero-order valence-corrected chi connectivity index (χ0v) is 21.5. The van der Waals surface area contributed by atoms with E-state index in [1.807, 2.05) is 41.5 Å². The van der Waals surface area contributed by atoms with Crippen LogP contribution >= 0.6 is 17.0 Å². The molecule has 0 radical (unpaired) electrons. The van der Waals surface area contributed by atoms with Crippen molar-refractivity contribution >= 4 is 28.6 Å². The molecule has 0 bridgehead atoms. The van der Waals surface area contributed by atoms with Crippen molar-refractivity contribution in [2.75, 3.05) is 20.3 Å². The zero-order valence-electron chi connectivity index (χ0n) is 19.8. The second-order valence-corrected chi connectivity index (χ2v) is 8.86. The Morgan fingerprint density at radius 3 is 2.50 bits per heavy atom. The topological polar surface area (TPSA) is 95.7 Å². The summed E-state index contributed by atoms with van der Waals surface area (Å²) in [6.45, 7) is 12.7. The number of halogens is 1. The van der Waals surface area contributed by atoms with Crippen LogP contribution in [0, 0.1) is 19.3 Å². The van der Waals surface area contributed by atoms with Crippen molar-refractivity contribution < 1.29 is 19.4 Å². The molecule has 0 atom stereocenters. The van der Waals surface area contributed by atoms with Gasteiger partial charge in [-0.3, -0.25) is 10.2 Å². The number of fused-ring (bicyclic) bond motifs is 1. The number of rotatable bonds is 6. The number of ketones is 1. The molecule has 0 amide bonds. The van der Waals surface area contributed by atoms with E-state index in [1.165, 1.54) is 7.11 Å². The fourth-order valence-corrected chi connectivity index (χ4v) is 3.93. The lowest BCUT2D eigenvalue weighted by Gasteiger charge is -2.23. The number of pyridine rings is 1. The third-order valence-corrected chi connectivity index (χ3v) is 5.62. The van der Waals surface area contributed by atoms with E-state index in [0.29, 0.717) is 30.0 Å². The zero-order chi connectivity index (χ0) is 23.1. The summed E-state index contributed by atoms with van der Waals surface area (Å²) in [5.74, 6) is 1.15. The number of carbonyl (C=O) groups is 1. The first-order valence-corrected chi connectivity index (χ1v) is 10.4. The molecular formula is C24H32BrN3O4. The summed E-state index contributed by atoms with van der Waals surface area (Å²) in [5, 5.41) is 19.1. The molecule has 0 unspecified atom stereocenters. The summed E-state index contributed by atoms with van der Waals surface area (Å²) < 4.78 is 11.0. The number of phenolic OH excluding ortho intramolecular Hbond substituents is 1. The van der Waals surface area contributed by atoms with E-state index in [2.05, 4.69) is 4.98 Å². The molecule has 7 nitrogen and oxygen atoms in total. The lowest BCUT2D eigenvalue weighted by atomic mass is 9.84. The number of carbonyl (C=O) groups excluding carboxylic acids is 1. The summed E-state index contributed by atoms with van der Waals surface area (Å²) in [7, 11) is 1.47.